The van der Waals surface area contributed by atoms with Crippen LogP contribution in [0.4, 0.5) is 0 Å². The number of nitrogens with zero attached hydrogens (tertiary/aromatic N) is 5. The minimum atomic E-state index is 0.614. The summed E-state index contributed by atoms with van der Waals surface area (Å²) in [7, 11) is 0. The second kappa shape index (κ2) is 14.1. The third-order valence-electron chi connectivity index (χ3n) is 11.6. The largest absolute Gasteiger partial charge is 0.294 e. The molecule has 60 heavy (non-hydrogen) atoms. The fourth-order valence-corrected chi connectivity index (χ4v) is 9.04. The summed E-state index contributed by atoms with van der Waals surface area (Å²) in [6, 6.07) is 73.7. The summed E-state index contributed by atoms with van der Waals surface area (Å²) >= 11 is 0. The number of hydrogen-bond donors (Lipinski definition) is 0. The maximum absolute atomic E-state index is 10.1. The molecule has 0 saturated carbocycles. The van der Waals surface area contributed by atoms with Crippen molar-refractivity contribution < 1.29 is 0 Å². The SMILES string of the molecule is N#Cc1ccc2c(c1)c1ccccc1n2-c1cc(-c2ccccc2-c2ccccc2-c2ccccc2-c2ccccc2C#N)cc(-n2c3ccccc3c3ccccc32)n1. The molecule has 0 fully saturated rings. The van der Waals surface area contributed by atoms with Gasteiger partial charge in [-0.2, -0.15) is 10.5 Å². The number of para-hydroxylation sites is 3. The predicted octanol–water partition coefficient (Wildman–Crippen LogP) is 13.7. The molecule has 0 aliphatic rings. The third-order valence-corrected chi connectivity index (χ3v) is 11.6. The van der Waals surface area contributed by atoms with Gasteiger partial charge >= 0.3 is 0 Å². The number of fused-ring (bicyclic) bond motifs is 6. The molecule has 278 valence electrons. The zero-order valence-electron chi connectivity index (χ0n) is 32.3. The first-order valence-electron chi connectivity index (χ1n) is 19.9. The predicted molar refractivity (Wildman–Crippen MR) is 244 cm³/mol. The van der Waals surface area contributed by atoms with Crippen molar-refractivity contribution in [2.45, 2.75) is 0 Å². The van der Waals surface area contributed by atoms with E-state index in [1.165, 1.54) is 0 Å². The van der Waals surface area contributed by atoms with Gasteiger partial charge in [-0.15, -0.1) is 0 Å². The van der Waals surface area contributed by atoms with Crippen molar-refractivity contribution in [1.82, 2.24) is 14.1 Å². The summed E-state index contributed by atoms with van der Waals surface area (Å²) in [5.41, 5.74) is 13.6. The highest BCUT2D eigenvalue weighted by molar-refractivity contribution is 6.11. The Balaban J connectivity index is 1.20. The number of pyridine rings is 1. The summed E-state index contributed by atoms with van der Waals surface area (Å²) in [5.74, 6) is 1.56. The highest BCUT2D eigenvalue weighted by atomic mass is 15.1. The molecule has 0 N–H and O–H groups in total. The van der Waals surface area contributed by atoms with Gasteiger partial charge in [-0.3, -0.25) is 9.13 Å². The maximum atomic E-state index is 10.1. The first-order valence-corrected chi connectivity index (χ1v) is 19.9. The van der Waals surface area contributed by atoms with Crippen molar-refractivity contribution in [3.63, 3.8) is 0 Å². The van der Waals surface area contributed by atoms with E-state index < -0.39 is 0 Å². The van der Waals surface area contributed by atoms with Crippen molar-refractivity contribution in [2.24, 2.45) is 0 Å². The van der Waals surface area contributed by atoms with Crippen molar-refractivity contribution in [2.75, 3.05) is 0 Å². The standard InChI is InChI=1S/C55H33N5/c56-34-36-29-30-53-49(31-36)48-25-11-14-28-52(48)60(53)55-33-38(32-54(58-55)59-50-26-12-9-23-46(50)47-24-10-13-27-51(47)59)40-17-3-4-19-42(40)44-21-7-8-22-45(44)43-20-6-5-18-41(43)39-16-2-1-15-37(39)35-57/h1-33H. The number of aromatic nitrogens is 3. The molecule has 0 atom stereocenters. The second-order valence-corrected chi connectivity index (χ2v) is 14.9. The number of rotatable bonds is 6. The van der Waals surface area contributed by atoms with E-state index >= 15 is 0 Å². The first kappa shape index (κ1) is 34.7. The molecule has 11 rings (SSSR count). The molecule has 3 heterocycles. The Morgan fingerprint density at radius 2 is 0.717 bits per heavy atom. The zero-order valence-corrected chi connectivity index (χ0v) is 32.3. The van der Waals surface area contributed by atoms with Crippen molar-refractivity contribution >= 4 is 43.6 Å². The van der Waals surface area contributed by atoms with Gasteiger partial charge in [-0.1, -0.05) is 146 Å². The Hall–Kier alpha value is -8.51. The fourth-order valence-electron chi connectivity index (χ4n) is 9.04. The van der Waals surface area contributed by atoms with Gasteiger partial charge in [0.05, 0.1) is 45.3 Å². The summed E-state index contributed by atoms with van der Waals surface area (Å²) in [5, 5.41) is 24.4. The van der Waals surface area contributed by atoms with Gasteiger partial charge in [0, 0.05) is 27.1 Å². The van der Waals surface area contributed by atoms with Crippen LogP contribution in [-0.2, 0) is 0 Å². The monoisotopic (exact) mass is 763 g/mol. The minimum absolute atomic E-state index is 0.614. The maximum Gasteiger partial charge on any atom is 0.140 e. The van der Waals surface area contributed by atoms with E-state index in [-0.39, 0.29) is 0 Å². The van der Waals surface area contributed by atoms with Crippen molar-refractivity contribution in [1.29, 1.82) is 10.5 Å². The third kappa shape index (κ3) is 5.50. The molecule has 5 nitrogen and oxygen atoms in total. The lowest BCUT2D eigenvalue weighted by Crippen LogP contribution is -2.04. The number of hydrogen-bond acceptors (Lipinski definition) is 3. The van der Waals surface area contributed by atoms with E-state index in [1.807, 2.05) is 54.6 Å². The highest BCUT2D eigenvalue weighted by Crippen LogP contribution is 2.43. The average Bonchev–Trinajstić information content (AvgIpc) is 3.84. The van der Waals surface area contributed by atoms with E-state index in [0.717, 1.165) is 99.8 Å². The van der Waals surface area contributed by atoms with Crippen LogP contribution in [0.25, 0.3) is 99.8 Å². The van der Waals surface area contributed by atoms with Crippen LogP contribution >= 0.6 is 0 Å². The van der Waals surface area contributed by atoms with Gasteiger partial charge in [0.2, 0.25) is 0 Å². The number of benzene rings is 8. The molecule has 0 spiro atoms. The molecule has 8 aromatic carbocycles. The first-order chi connectivity index (χ1) is 29.7. The van der Waals surface area contributed by atoms with Crippen molar-refractivity contribution in [3.8, 4) is 68.3 Å². The molecule has 0 aliphatic carbocycles. The lowest BCUT2D eigenvalue weighted by atomic mass is 9.86. The van der Waals surface area contributed by atoms with Gasteiger partial charge in [0.25, 0.3) is 0 Å². The lowest BCUT2D eigenvalue weighted by Gasteiger charge is -2.19. The summed E-state index contributed by atoms with van der Waals surface area (Å²) < 4.78 is 4.50. The second-order valence-electron chi connectivity index (χ2n) is 14.9. The Morgan fingerprint density at radius 1 is 0.333 bits per heavy atom. The molecular weight excluding hydrogens is 731 g/mol. The quantitative estimate of drug-likeness (QED) is 0.169. The van der Waals surface area contributed by atoms with Gasteiger partial charge in [0.15, 0.2) is 0 Å². The molecule has 0 radical (unpaired) electrons. The van der Waals surface area contributed by atoms with Crippen LogP contribution in [0.15, 0.2) is 200 Å². The fraction of sp³-hybridized carbons (Fsp3) is 0. The Labute approximate surface area is 346 Å². The molecule has 0 amide bonds. The molecule has 3 aromatic heterocycles. The van der Waals surface area contributed by atoms with Crippen LogP contribution in [0.3, 0.4) is 0 Å². The van der Waals surface area contributed by atoms with Crippen LogP contribution in [0, 0.1) is 22.7 Å². The van der Waals surface area contributed by atoms with Crippen LogP contribution < -0.4 is 0 Å². The topological polar surface area (TPSA) is 70.3 Å². The van der Waals surface area contributed by atoms with Crippen LogP contribution in [0.1, 0.15) is 11.1 Å². The normalized spacial score (nSPS) is 11.3. The zero-order chi connectivity index (χ0) is 40.2. The lowest BCUT2D eigenvalue weighted by molar-refractivity contribution is 1.01. The highest BCUT2D eigenvalue weighted by Gasteiger charge is 2.21. The number of nitriles is 2. The molecule has 0 aliphatic heterocycles. The molecule has 11 aromatic rings. The molecule has 0 saturated heterocycles. The minimum Gasteiger partial charge on any atom is -0.294 e. The van der Waals surface area contributed by atoms with E-state index in [2.05, 4.69) is 167 Å². The van der Waals surface area contributed by atoms with E-state index in [9.17, 15) is 10.5 Å². The Kier molecular flexibility index (Phi) is 8.19. The van der Waals surface area contributed by atoms with E-state index in [4.69, 9.17) is 4.98 Å². The van der Waals surface area contributed by atoms with Crippen LogP contribution in [0.5, 0.6) is 0 Å². The molecule has 0 bridgehead atoms. The Bertz CT molecular complexity index is 3540. The van der Waals surface area contributed by atoms with Crippen LogP contribution in [0.2, 0.25) is 0 Å². The molecule has 5 heteroatoms. The van der Waals surface area contributed by atoms with Crippen molar-refractivity contribution in [3.05, 3.63) is 211 Å². The smallest absolute Gasteiger partial charge is 0.140 e. The summed E-state index contributed by atoms with van der Waals surface area (Å²) in [6.45, 7) is 0. The Morgan fingerprint density at radius 3 is 1.22 bits per heavy atom. The van der Waals surface area contributed by atoms with E-state index in [0.29, 0.717) is 11.1 Å². The van der Waals surface area contributed by atoms with Crippen LogP contribution in [-0.4, -0.2) is 14.1 Å². The van der Waals surface area contributed by atoms with Gasteiger partial charge in [-0.25, -0.2) is 4.98 Å². The molecule has 0 unspecified atom stereocenters. The van der Waals surface area contributed by atoms with Gasteiger partial charge in [0.1, 0.15) is 11.6 Å². The van der Waals surface area contributed by atoms with E-state index in [1.54, 1.807) is 0 Å². The summed E-state index contributed by atoms with van der Waals surface area (Å²) in [4.78, 5) is 5.55. The average molecular weight is 764 g/mol. The van der Waals surface area contributed by atoms with Gasteiger partial charge in [-0.05, 0) is 93.5 Å². The van der Waals surface area contributed by atoms with Gasteiger partial charge < -0.3 is 0 Å². The molecular formula is C55H33N5. The summed E-state index contributed by atoms with van der Waals surface area (Å²) in [6.07, 6.45) is 0.